The van der Waals surface area contributed by atoms with Crippen LogP contribution in [0.2, 0.25) is 0 Å². The van der Waals surface area contributed by atoms with Crippen LogP contribution in [0.4, 0.5) is 0 Å². The molecule has 0 saturated carbocycles. The summed E-state index contributed by atoms with van der Waals surface area (Å²) in [6.07, 6.45) is 12.8. The molecule has 9 rings (SSSR count). The first-order valence-corrected chi connectivity index (χ1v) is 29.8. The van der Waals surface area contributed by atoms with Crippen LogP contribution in [0.3, 0.4) is 0 Å². The van der Waals surface area contributed by atoms with E-state index in [0.717, 1.165) is 78.4 Å². The molecule has 1 unspecified atom stereocenters. The monoisotopic (exact) mass is 1220 g/mol. The Morgan fingerprint density at radius 3 is 1.27 bits per heavy atom. The highest BCUT2D eigenvalue weighted by Gasteiger charge is 2.26. The van der Waals surface area contributed by atoms with Crippen LogP contribution >= 0.6 is 47.8 Å². The molecule has 0 amide bonds. The Balaban J connectivity index is 1.14. The van der Waals surface area contributed by atoms with Crippen molar-refractivity contribution in [2.24, 2.45) is 0 Å². The third-order valence-electron chi connectivity index (χ3n) is 15.4. The van der Waals surface area contributed by atoms with Gasteiger partial charge in [0.1, 0.15) is 0 Å². The van der Waals surface area contributed by atoms with E-state index in [-0.39, 0.29) is 27.6 Å². The average molecular weight is 1220 g/mol. The zero-order valence-corrected chi connectivity index (χ0v) is 52.3. The van der Waals surface area contributed by atoms with Gasteiger partial charge in [-0.1, -0.05) is 228 Å². The number of nitrogens with zero attached hydrogens (tertiary/aromatic N) is 4. The van der Waals surface area contributed by atoms with Gasteiger partial charge in [-0.25, -0.2) is 0 Å². The number of rotatable bonds is 13. The van der Waals surface area contributed by atoms with Gasteiger partial charge in [-0.05, 0) is 168 Å². The average Bonchev–Trinajstić information content (AvgIpc) is 3.45. The predicted octanol–water partition coefficient (Wildman–Crippen LogP) is 21.1. The Labute approximate surface area is 490 Å². The number of hydrogen-bond acceptors (Lipinski definition) is 4. The Morgan fingerprint density at radius 2 is 0.782 bits per heavy atom. The van der Waals surface area contributed by atoms with Crippen LogP contribution in [0.15, 0.2) is 184 Å². The molecule has 1 atom stereocenters. The van der Waals surface area contributed by atoms with Gasteiger partial charge < -0.3 is 0 Å². The zero-order chi connectivity index (χ0) is 55.7. The summed E-state index contributed by atoms with van der Waals surface area (Å²) in [5, 5.41) is 0. The maximum Gasteiger partial charge on any atom is 0.0885 e. The normalized spacial score (nSPS) is 12.7. The molecule has 7 heteroatoms. The molecule has 0 fully saturated rings. The molecule has 0 aliphatic carbocycles. The fourth-order valence-electron chi connectivity index (χ4n) is 10.5. The summed E-state index contributed by atoms with van der Waals surface area (Å²) in [5.74, 6) is 0.198. The van der Waals surface area contributed by atoms with E-state index in [9.17, 15) is 0 Å². The van der Waals surface area contributed by atoms with Crippen LogP contribution in [-0.4, -0.2) is 19.9 Å². The molecule has 78 heavy (non-hydrogen) atoms. The van der Waals surface area contributed by atoms with Gasteiger partial charge in [0.15, 0.2) is 0 Å². The number of halogens is 3. The molecule has 3 heterocycles. The van der Waals surface area contributed by atoms with Crippen molar-refractivity contribution in [1.82, 2.24) is 19.9 Å². The fraction of sp³-hybridized carbons (Fsp3) is 0.296. The lowest BCUT2D eigenvalue weighted by atomic mass is 9.78. The van der Waals surface area contributed by atoms with E-state index >= 15 is 0 Å². The Morgan fingerprint density at radius 1 is 0.359 bits per heavy atom. The SMILES string of the molecule is CC(C)(C)c1ccnc(-c2ccc(-c3cc(C(C)(C)C)ccc3CCC(CCc3ccccc3-c3ccc(-c4cnccn4)cc3Br)c3ccc(C(C)(C)C)cc3-c3ccc(-c4cc(C(C)(C)C)ccn4)cc3Br)c(Br)c2)c1. The molecule has 3 aromatic heterocycles. The molecular formula is C71H73Br3N4. The summed E-state index contributed by atoms with van der Waals surface area (Å²) in [6.45, 7) is 27.4. The zero-order valence-electron chi connectivity index (χ0n) is 47.5. The van der Waals surface area contributed by atoms with Crippen molar-refractivity contribution < 1.29 is 0 Å². The summed E-state index contributed by atoms with van der Waals surface area (Å²) in [6, 6.07) is 52.3. The van der Waals surface area contributed by atoms with Gasteiger partial charge in [0.05, 0.1) is 23.3 Å². The van der Waals surface area contributed by atoms with Gasteiger partial charge >= 0.3 is 0 Å². The number of benzene rings is 6. The first-order chi connectivity index (χ1) is 36.9. The molecule has 0 aliphatic rings. The summed E-state index contributed by atoms with van der Waals surface area (Å²) in [4.78, 5) is 18.6. The lowest BCUT2D eigenvalue weighted by Gasteiger charge is -2.27. The van der Waals surface area contributed by atoms with Gasteiger partial charge in [-0.3, -0.25) is 19.9 Å². The third kappa shape index (κ3) is 13.1. The van der Waals surface area contributed by atoms with Crippen LogP contribution in [-0.2, 0) is 34.5 Å². The van der Waals surface area contributed by atoms with Crippen LogP contribution in [0.25, 0.3) is 67.2 Å². The van der Waals surface area contributed by atoms with Gasteiger partial charge in [0.25, 0.3) is 0 Å². The number of aryl methyl sites for hydroxylation is 2. The molecule has 0 saturated heterocycles. The predicted molar refractivity (Wildman–Crippen MR) is 340 cm³/mol. The largest absolute Gasteiger partial charge is 0.261 e. The minimum atomic E-state index is -0.0560. The van der Waals surface area contributed by atoms with E-state index in [1.165, 1.54) is 66.8 Å². The molecule has 0 N–H and O–H groups in total. The minimum Gasteiger partial charge on any atom is -0.261 e. The first-order valence-electron chi connectivity index (χ1n) is 27.4. The molecular weight excluding hydrogens is 1150 g/mol. The summed E-state index contributed by atoms with van der Waals surface area (Å²) >= 11 is 12.3. The van der Waals surface area contributed by atoms with Gasteiger partial charge in [0, 0.05) is 54.9 Å². The fourth-order valence-corrected chi connectivity index (χ4v) is 12.3. The van der Waals surface area contributed by atoms with Crippen LogP contribution in [0.5, 0.6) is 0 Å². The number of pyridine rings is 2. The van der Waals surface area contributed by atoms with E-state index < -0.39 is 0 Å². The maximum absolute atomic E-state index is 4.86. The van der Waals surface area contributed by atoms with Crippen LogP contribution < -0.4 is 0 Å². The van der Waals surface area contributed by atoms with Crippen molar-refractivity contribution in [3.8, 4) is 67.2 Å². The highest BCUT2D eigenvalue weighted by molar-refractivity contribution is 9.11. The maximum atomic E-state index is 4.86. The Kier molecular flexibility index (Phi) is 16.8. The van der Waals surface area contributed by atoms with Crippen molar-refractivity contribution in [2.45, 2.75) is 136 Å². The lowest BCUT2D eigenvalue weighted by molar-refractivity contribution is 0.572. The lowest BCUT2D eigenvalue weighted by Crippen LogP contribution is -2.13. The highest BCUT2D eigenvalue weighted by Crippen LogP contribution is 2.45. The second-order valence-electron chi connectivity index (χ2n) is 25.1. The van der Waals surface area contributed by atoms with E-state index in [0.29, 0.717) is 0 Å². The minimum absolute atomic E-state index is 0.0131. The molecule has 9 aromatic rings. The molecule has 0 bridgehead atoms. The summed E-state index contributed by atoms with van der Waals surface area (Å²) in [5.41, 5.74) is 22.4. The number of aromatic nitrogens is 4. The van der Waals surface area contributed by atoms with Crippen molar-refractivity contribution >= 4 is 47.8 Å². The summed E-state index contributed by atoms with van der Waals surface area (Å²) in [7, 11) is 0. The van der Waals surface area contributed by atoms with E-state index in [1.54, 1.807) is 12.4 Å². The molecule has 398 valence electrons. The van der Waals surface area contributed by atoms with Gasteiger partial charge in [-0.15, -0.1) is 0 Å². The van der Waals surface area contributed by atoms with Crippen molar-refractivity contribution in [2.75, 3.05) is 0 Å². The smallest absolute Gasteiger partial charge is 0.0885 e. The molecule has 0 radical (unpaired) electrons. The standard InChI is InChI=1S/C71H73Br3N4/c1-68(2,3)51-25-21-47(60(40-51)58-28-22-48(37-63(58)73)65-42-53(31-33-76-65)70(7,8)9)20-19-46(18-17-45-15-13-14-16-55(45)57-27-24-50(39-62(57)72)67-44-75-35-36-78-67)56-30-26-52(69(4,5)6)41-61(56)59-29-23-49(38-64(59)74)66-43-54(32-34-77-66)71(10,11)12/h13-16,21-44,46H,17-20H2,1-12H3. The van der Waals surface area contributed by atoms with E-state index in [1.807, 2.05) is 18.6 Å². The Hall–Kier alpha value is -5.86. The van der Waals surface area contributed by atoms with E-state index in [2.05, 4.69) is 280 Å². The topological polar surface area (TPSA) is 51.6 Å². The third-order valence-corrected chi connectivity index (χ3v) is 17.3. The molecule has 0 spiro atoms. The van der Waals surface area contributed by atoms with Crippen molar-refractivity contribution in [3.63, 3.8) is 0 Å². The van der Waals surface area contributed by atoms with Crippen LogP contribution in [0.1, 0.15) is 141 Å². The van der Waals surface area contributed by atoms with E-state index in [4.69, 9.17) is 9.97 Å². The molecule has 0 aliphatic heterocycles. The second kappa shape index (κ2) is 23.1. The van der Waals surface area contributed by atoms with Gasteiger partial charge in [0.2, 0.25) is 0 Å². The number of hydrogen-bond donors (Lipinski definition) is 0. The van der Waals surface area contributed by atoms with Crippen LogP contribution in [0, 0.1) is 0 Å². The highest BCUT2D eigenvalue weighted by atomic mass is 79.9. The molecule has 6 aromatic carbocycles. The van der Waals surface area contributed by atoms with Crippen molar-refractivity contribution in [1.29, 1.82) is 0 Å². The van der Waals surface area contributed by atoms with Gasteiger partial charge in [-0.2, -0.15) is 0 Å². The summed E-state index contributed by atoms with van der Waals surface area (Å²) < 4.78 is 3.15. The second-order valence-corrected chi connectivity index (χ2v) is 27.7. The van der Waals surface area contributed by atoms with Crippen molar-refractivity contribution in [3.05, 3.63) is 223 Å². The quantitative estimate of drug-likeness (QED) is 0.115. The Bertz CT molecular complexity index is 3610. The first kappa shape index (κ1) is 56.8. The molecule has 4 nitrogen and oxygen atoms in total.